The van der Waals surface area contributed by atoms with Crippen molar-refractivity contribution >= 4 is 39.5 Å². The summed E-state index contributed by atoms with van der Waals surface area (Å²) in [4.78, 5) is 33.9. The summed E-state index contributed by atoms with van der Waals surface area (Å²) >= 11 is 3.36. The number of carbonyl (C=O) groups excluding carboxylic acids is 3. The molecule has 0 spiro atoms. The highest BCUT2D eigenvalue weighted by Crippen LogP contribution is 2.19. The Bertz CT molecular complexity index is 598. The largest absolute Gasteiger partial charge is 0.463 e. The second-order valence-electron chi connectivity index (χ2n) is 4.21. The Morgan fingerprint density at radius 3 is 2.41 bits per heavy atom. The van der Waals surface area contributed by atoms with Crippen LogP contribution in [0.5, 0.6) is 0 Å². The van der Waals surface area contributed by atoms with Crippen molar-refractivity contribution < 1.29 is 23.9 Å². The molecule has 1 N–H and O–H groups in total. The van der Waals surface area contributed by atoms with Crippen LogP contribution in [0, 0.1) is 6.92 Å². The summed E-state index contributed by atoms with van der Waals surface area (Å²) in [6, 6.07) is 5.31. The zero-order valence-electron chi connectivity index (χ0n) is 12.2. The fraction of sp³-hybridized carbons (Fsp3) is 0.267. The molecule has 0 aliphatic carbocycles. The van der Waals surface area contributed by atoms with Crippen molar-refractivity contribution in [3.63, 3.8) is 0 Å². The smallest absolute Gasteiger partial charge is 0.331 e. The number of ether oxygens (including phenoxy) is 2. The minimum Gasteiger partial charge on any atom is -0.463 e. The predicted molar refractivity (Wildman–Crippen MR) is 84.2 cm³/mol. The topological polar surface area (TPSA) is 81.7 Å². The molecule has 0 saturated heterocycles. The number of amides is 1. The first-order valence-electron chi connectivity index (χ1n) is 6.50. The van der Waals surface area contributed by atoms with Crippen molar-refractivity contribution in [1.29, 1.82) is 0 Å². The van der Waals surface area contributed by atoms with Crippen LogP contribution in [0.1, 0.15) is 12.5 Å². The third kappa shape index (κ3) is 6.53. The number of nitrogens with one attached hydrogen (secondary N) is 1. The van der Waals surface area contributed by atoms with E-state index in [0.29, 0.717) is 5.69 Å². The van der Waals surface area contributed by atoms with E-state index >= 15 is 0 Å². The van der Waals surface area contributed by atoms with Gasteiger partial charge in [0.15, 0.2) is 6.61 Å². The van der Waals surface area contributed by atoms with Gasteiger partial charge in [0.2, 0.25) is 0 Å². The van der Waals surface area contributed by atoms with E-state index in [0.717, 1.165) is 22.2 Å². The minimum absolute atomic E-state index is 0.216. The molecule has 0 aliphatic rings. The fourth-order valence-corrected chi connectivity index (χ4v) is 1.68. The Labute approximate surface area is 136 Å². The molecule has 0 bridgehead atoms. The van der Waals surface area contributed by atoms with Crippen LogP contribution in [-0.4, -0.2) is 31.1 Å². The van der Waals surface area contributed by atoms with Gasteiger partial charge >= 0.3 is 11.9 Å². The number of benzene rings is 1. The number of hydrogen-bond donors (Lipinski definition) is 1. The van der Waals surface area contributed by atoms with Crippen LogP contribution in [0.25, 0.3) is 0 Å². The highest BCUT2D eigenvalue weighted by molar-refractivity contribution is 9.10. The van der Waals surface area contributed by atoms with Gasteiger partial charge in [0.25, 0.3) is 5.91 Å². The Hall–Kier alpha value is -2.15. The van der Waals surface area contributed by atoms with Gasteiger partial charge < -0.3 is 14.8 Å². The van der Waals surface area contributed by atoms with Gasteiger partial charge in [0.05, 0.1) is 6.61 Å². The van der Waals surface area contributed by atoms with Crippen LogP contribution in [-0.2, 0) is 23.9 Å². The Balaban J connectivity index is 2.41. The molecular formula is C15H16BrNO5. The van der Waals surface area contributed by atoms with Crippen molar-refractivity contribution in [2.24, 2.45) is 0 Å². The predicted octanol–water partition coefficient (Wildman–Crippen LogP) is 2.36. The van der Waals surface area contributed by atoms with Crippen LogP contribution >= 0.6 is 15.9 Å². The molecule has 1 rings (SSSR count). The average molecular weight is 370 g/mol. The van der Waals surface area contributed by atoms with Crippen LogP contribution < -0.4 is 5.32 Å². The Morgan fingerprint density at radius 2 is 1.82 bits per heavy atom. The quantitative estimate of drug-likeness (QED) is 0.614. The van der Waals surface area contributed by atoms with Crippen LogP contribution in [0.2, 0.25) is 0 Å². The summed E-state index contributed by atoms with van der Waals surface area (Å²) in [6.45, 7) is 3.31. The zero-order valence-corrected chi connectivity index (χ0v) is 13.8. The average Bonchev–Trinajstić information content (AvgIpc) is 2.47. The van der Waals surface area contributed by atoms with E-state index < -0.39 is 24.5 Å². The van der Waals surface area contributed by atoms with Crippen molar-refractivity contribution in [2.45, 2.75) is 13.8 Å². The van der Waals surface area contributed by atoms with Gasteiger partial charge in [-0.05, 0) is 37.6 Å². The first-order chi connectivity index (χ1) is 10.4. The highest BCUT2D eigenvalue weighted by atomic mass is 79.9. The number of halogens is 1. The maximum atomic E-state index is 11.6. The van der Waals surface area contributed by atoms with Gasteiger partial charge in [0.1, 0.15) is 0 Å². The third-order valence-electron chi connectivity index (χ3n) is 2.43. The number of aryl methyl sites for hydroxylation is 1. The third-order valence-corrected chi connectivity index (χ3v) is 3.32. The highest BCUT2D eigenvalue weighted by Gasteiger charge is 2.07. The maximum absolute atomic E-state index is 11.6. The summed E-state index contributed by atoms with van der Waals surface area (Å²) in [5.41, 5.74) is 1.57. The minimum atomic E-state index is -0.796. The number of carbonyl (C=O) groups is 3. The maximum Gasteiger partial charge on any atom is 0.331 e. The van der Waals surface area contributed by atoms with E-state index in [9.17, 15) is 14.4 Å². The van der Waals surface area contributed by atoms with Crippen molar-refractivity contribution in [1.82, 2.24) is 0 Å². The van der Waals surface area contributed by atoms with Gasteiger partial charge in [-0.1, -0.05) is 15.9 Å². The van der Waals surface area contributed by atoms with Crippen molar-refractivity contribution in [2.75, 3.05) is 18.5 Å². The summed E-state index contributed by atoms with van der Waals surface area (Å²) in [5, 5.41) is 2.60. The molecule has 0 radical (unpaired) electrons. The molecule has 0 aliphatic heterocycles. The number of hydrogen-bond acceptors (Lipinski definition) is 5. The second kappa shape index (κ2) is 8.99. The fourth-order valence-electron chi connectivity index (χ4n) is 1.43. The summed E-state index contributed by atoms with van der Waals surface area (Å²) in [5.74, 6) is -1.91. The SMILES string of the molecule is CCOC(=O)C=CC(=O)OCC(=O)Nc1ccc(Br)c(C)c1. The lowest BCUT2D eigenvalue weighted by molar-refractivity contribution is -0.143. The van der Waals surface area contributed by atoms with Crippen molar-refractivity contribution in [3.05, 3.63) is 40.4 Å². The lowest BCUT2D eigenvalue weighted by Gasteiger charge is -2.07. The summed E-state index contributed by atoms with van der Waals surface area (Å²) in [7, 11) is 0. The van der Waals surface area contributed by atoms with Crippen molar-refractivity contribution in [3.8, 4) is 0 Å². The summed E-state index contributed by atoms with van der Waals surface area (Å²) in [6.07, 6.45) is 1.86. The summed E-state index contributed by atoms with van der Waals surface area (Å²) < 4.78 is 10.2. The lowest BCUT2D eigenvalue weighted by Crippen LogP contribution is -2.20. The Morgan fingerprint density at radius 1 is 1.18 bits per heavy atom. The normalized spacial score (nSPS) is 10.3. The molecule has 6 nitrogen and oxygen atoms in total. The molecule has 0 aromatic heterocycles. The van der Waals surface area contributed by atoms with Gasteiger partial charge in [0, 0.05) is 22.3 Å². The monoisotopic (exact) mass is 369 g/mol. The number of esters is 2. The number of rotatable bonds is 6. The van der Waals surface area contributed by atoms with E-state index in [1.165, 1.54) is 0 Å². The molecule has 0 atom stereocenters. The zero-order chi connectivity index (χ0) is 16.5. The first-order valence-corrected chi connectivity index (χ1v) is 7.29. The van der Waals surface area contributed by atoms with Crippen LogP contribution in [0.15, 0.2) is 34.8 Å². The molecule has 7 heteroatoms. The van der Waals surface area contributed by atoms with E-state index in [-0.39, 0.29) is 6.61 Å². The molecule has 0 heterocycles. The standard InChI is InChI=1S/C15H16BrNO5/c1-3-21-14(19)6-7-15(20)22-9-13(18)17-11-4-5-12(16)10(2)8-11/h4-8H,3,9H2,1-2H3,(H,17,18). The molecule has 22 heavy (non-hydrogen) atoms. The van der Waals surface area contributed by atoms with E-state index in [4.69, 9.17) is 4.74 Å². The molecule has 0 fully saturated rings. The van der Waals surface area contributed by atoms with Crippen LogP contribution in [0.4, 0.5) is 5.69 Å². The molecule has 0 unspecified atom stereocenters. The second-order valence-corrected chi connectivity index (χ2v) is 5.06. The molecule has 0 saturated carbocycles. The van der Waals surface area contributed by atoms with E-state index in [1.54, 1.807) is 25.1 Å². The first kappa shape index (κ1) is 17.9. The van der Waals surface area contributed by atoms with Gasteiger partial charge in [-0.25, -0.2) is 9.59 Å². The molecular weight excluding hydrogens is 354 g/mol. The lowest BCUT2D eigenvalue weighted by atomic mass is 10.2. The van der Waals surface area contributed by atoms with Crippen LogP contribution in [0.3, 0.4) is 0 Å². The molecule has 1 aromatic carbocycles. The van der Waals surface area contributed by atoms with E-state index in [2.05, 4.69) is 26.0 Å². The number of anilines is 1. The van der Waals surface area contributed by atoms with E-state index in [1.807, 2.05) is 6.92 Å². The Kier molecular flexibility index (Phi) is 7.31. The molecule has 118 valence electrons. The molecule has 1 aromatic rings. The molecule has 1 amide bonds. The van der Waals surface area contributed by atoms with Gasteiger partial charge in [-0.3, -0.25) is 4.79 Å². The van der Waals surface area contributed by atoms with Gasteiger partial charge in [-0.15, -0.1) is 0 Å². The van der Waals surface area contributed by atoms with Gasteiger partial charge in [-0.2, -0.15) is 0 Å².